The van der Waals surface area contributed by atoms with E-state index in [9.17, 15) is 0 Å². The van der Waals surface area contributed by atoms with Gasteiger partial charge in [0.15, 0.2) is 0 Å². The van der Waals surface area contributed by atoms with Crippen LogP contribution in [-0.4, -0.2) is 28.4 Å². The van der Waals surface area contributed by atoms with Crippen molar-refractivity contribution in [1.82, 2.24) is 20.1 Å². The van der Waals surface area contributed by atoms with Crippen LogP contribution < -0.4 is 5.32 Å². The number of nitrogens with one attached hydrogen (secondary N) is 1. The van der Waals surface area contributed by atoms with Gasteiger partial charge in [-0.15, -0.1) is 0 Å². The number of likely N-dealkylation sites (N-methyl/N-ethyl adjacent to an activating group) is 1. The molecule has 2 aromatic heterocycles. The monoisotopic (exact) mass is 230 g/mol. The molecule has 0 spiro atoms. The van der Waals surface area contributed by atoms with Crippen molar-refractivity contribution in [2.75, 3.05) is 13.6 Å². The first-order valence-electron chi connectivity index (χ1n) is 5.96. The van der Waals surface area contributed by atoms with E-state index < -0.39 is 0 Å². The Bertz CT molecular complexity index is 462. The van der Waals surface area contributed by atoms with Gasteiger partial charge in [0.05, 0.1) is 5.69 Å². The van der Waals surface area contributed by atoms with Crippen LogP contribution in [0.3, 0.4) is 0 Å². The van der Waals surface area contributed by atoms with Gasteiger partial charge in [-0.1, -0.05) is 0 Å². The second-order valence-electron chi connectivity index (χ2n) is 3.95. The third kappa shape index (κ3) is 2.71. The van der Waals surface area contributed by atoms with E-state index in [1.54, 1.807) is 6.20 Å². The van der Waals surface area contributed by atoms with Crippen LogP contribution in [0.1, 0.15) is 12.5 Å². The van der Waals surface area contributed by atoms with Gasteiger partial charge in [-0.05, 0) is 44.6 Å². The normalized spacial score (nSPS) is 10.7. The van der Waals surface area contributed by atoms with Crippen LogP contribution in [0.4, 0.5) is 0 Å². The lowest BCUT2D eigenvalue weighted by Gasteiger charge is -2.01. The Morgan fingerprint density at radius 2 is 2.29 bits per heavy atom. The molecule has 0 atom stereocenters. The van der Waals surface area contributed by atoms with Crippen LogP contribution >= 0.6 is 0 Å². The molecular formula is C13H18N4. The van der Waals surface area contributed by atoms with Gasteiger partial charge in [0.1, 0.15) is 0 Å². The summed E-state index contributed by atoms with van der Waals surface area (Å²) in [6, 6.07) is 4.00. The maximum Gasteiger partial charge on any atom is 0.0971 e. The Hall–Kier alpha value is -1.68. The molecule has 0 fully saturated rings. The van der Waals surface area contributed by atoms with Gasteiger partial charge in [-0.2, -0.15) is 5.10 Å². The third-order valence-electron chi connectivity index (χ3n) is 2.74. The molecule has 90 valence electrons. The van der Waals surface area contributed by atoms with Gasteiger partial charge in [0.2, 0.25) is 0 Å². The van der Waals surface area contributed by atoms with Crippen molar-refractivity contribution in [1.29, 1.82) is 0 Å². The number of aromatic nitrogens is 3. The van der Waals surface area contributed by atoms with Crippen LogP contribution in [0.15, 0.2) is 30.7 Å². The van der Waals surface area contributed by atoms with E-state index in [2.05, 4.69) is 34.6 Å². The van der Waals surface area contributed by atoms with Crippen molar-refractivity contribution in [3.05, 3.63) is 36.3 Å². The minimum Gasteiger partial charge on any atom is -0.319 e. The smallest absolute Gasteiger partial charge is 0.0971 e. The zero-order chi connectivity index (χ0) is 12.1. The highest BCUT2D eigenvalue weighted by atomic mass is 15.3. The minimum atomic E-state index is 0.896. The number of hydrogen-bond donors (Lipinski definition) is 1. The largest absolute Gasteiger partial charge is 0.319 e. The maximum atomic E-state index is 4.60. The van der Waals surface area contributed by atoms with Crippen molar-refractivity contribution in [2.45, 2.75) is 19.9 Å². The number of rotatable bonds is 5. The Morgan fingerprint density at radius 1 is 1.41 bits per heavy atom. The lowest BCUT2D eigenvalue weighted by molar-refractivity contribution is 0.660. The second-order valence-corrected chi connectivity index (χ2v) is 3.95. The zero-order valence-electron chi connectivity index (χ0n) is 10.3. The standard InChI is InChI=1S/C13H18N4/c1-3-17-10-12(6-8-14-2)13(16-17)11-5-4-7-15-9-11/h4-5,7,9-10,14H,3,6,8H2,1-2H3. The number of hydrogen-bond acceptors (Lipinski definition) is 3. The van der Waals surface area contributed by atoms with Gasteiger partial charge >= 0.3 is 0 Å². The summed E-state index contributed by atoms with van der Waals surface area (Å²) < 4.78 is 1.98. The van der Waals surface area contributed by atoms with Crippen molar-refractivity contribution < 1.29 is 0 Å². The van der Waals surface area contributed by atoms with E-state index in [1.165, 1.54) is 5.56 Å². The first kappa shape index (κ1) is 11.8. The van der Waals surface area contributed by atoms with Gasteiger partial charge in [0, 0.05) is 30.7 Å². The lowest BCUT2D eigenvalue weighted by Crippen LogP contribution is -2.10. The summed E-state index contributed by atoms with van der Waals surface area (Å²) in [5.74, 6) is 0. The summed E-state index contributed by atoms with van der Waals surface area (Å²) in [4.78, 5) is 4.15. The molecule has 0 unspecified atom stereocenters. The molecule has 17 heavy (non-hydrogen) atoms. The summed E-state index contributed by atoms with van der Waals surface area (Å²) in [6.07, 6.45) is 6.76. The third-order valence-corrected chi connectivity index (χ3v) is 2.74. The summed E-state index contributed by atoms with van der Waals surface area (Å²) in [6.45, 7) is 3.96. The topological polar surface area (TPSA) is 42.7 Å². The van der Waals surface area contributed by atoms with Crippen LogP contribution in [0, 0.1) is 0 Å². The van der Waals surface area contributed by atoms with Gasteiger partial charge < -0.3 is 5.32 Å². The molecule has 4 heteroatoms. The molecule has 0 aliphatic carbocycles. The van der Waals surface area contributed by atoms with Crippen molar-refractivity contribution in [2.24, 2.45) is 0 Å². The lowest BCUT2D eigenvalue weighted by atomic mass is 10.1. The van der Waals surface area contributed by atoms with Gasteiger partial charge in [-0.25, -0.2) is 0 Å². The average Bonchev–Trinajstić information content (AvgIpc) is 2.80. The molecule has 0 saturated carbocycles. The molecule has 2 rings (SSSR count). The fourth-order valence-electron chi connectivity index (χ4n) is 1.81. The predicted molar refractivity (Wildman–Crippen MR) is 68.8 cm³/mol. The Balaban J connectivity index is 2.34. The zero-order valence-corrected chi connectivity index (χ0v) is 10.3. The van der Waals surface area contributed by atoms with Gasteiger partial charge in [0.25, 0.3) is 0 Å². The summed E-state index contributed by atoms with van der Waals surface area (Å²) in [5.41, 5.74) is 3.41. The number of pyridine rings is 1. The molecule has 1 N–H and O–H groups in total. The summed E-state index contributed by atoms with van der Waals surface area (Å²) in [5, 5.41) is 7.77. The Morgan fingerprint density at radius 3 is 2.94 bits per heavy atom. The molecule has 4 nitrogen and oxygen atoms in total. The first-order valence-corrected chi connectivity index (χ1v) is 5.96. The predicted octanol–water partition coefficient (Wildman–Crippen LogP) is 1.73. The van der Waals surface area contributed by atoms with E-state index in [1.807, 2.05) is 24.0 Å². The molecule has 0 saturated heterocycles. The highest BCUT2D eigenvalue weighted by Gasteiger charge is 2.10. The number of nitrogens with zero attached hydrogens (tertiary/aromatic N) is 3. The highest BCUT2D eigenvalue weighted by Crippen LogP contribution is 2.21. The van der Waals surface area contributed by atoms with E-state index in [0.29, 0.717) is 0 Å². The molecule has 0 amide bonds. The molecule has 0 aromatic carbocycles. The second kappa shape index (κ2) is 5.59. The van der Waals surface area contributed by atoms with Crippen molar-refractivity contribution in [3.63, 3.8) is 0 Å². The Kier molecular flexibility index (Phi) is 3.88. The van der Waals surface area contributed by atoms with Crippen molar-refractivity contribution in [3.8, 4) is 11.3 Å². The van der Waals surface area contributed by atoms with Gasteiger partial charge in [-0.3, -0.25) is 9.67 Å². The van der Waals surface area contributed by atoms with E-state index in [0.717, 1.165) is 30.8 Å². The van der Waals surface area contributed by atoms with Crippen LogP contribution in [0.25, 0.3) is 11.3 Å². The highest BCUT2D eigenvalue weighted by molar-refractivity contribution is 5.61. The molecule has 0 radical (unpaired) electrons. The molecular weight excluding hydrogens is 212 g/mol. The molecule has 0 bridgehead atoms. The quantitative estimate of drug-likeness (QED) is 0.850. The molecule has 0 aliphatic rings. The van der Waals surface area contributed by atoms with Crippen LogP contribution in [-0.2, 0) is 13.0 Å². The minimum absolute atomic E-state index is 0.896. The fourth-order valence-corrected chi connectivity index (χ4v) is 1.81. The maximum absolute atomic E-state index is 4.60. The Labute approximate surface area is 102 Å². The molecule has 2 aromatic rings. The molecule has 0 aliphatic heterocycles. The number of aryl methyl sites for hydroxylation is 1. The summed E-state index contributed by atoms with van der Waals surface area (Å²) in [7, 11) is 1.97. The first-order chi connectivity index (χ1) is 8.35. The van der Waals surface area contributed by atoms with E-state index >= 15 is 0 Å². The van der Waals surface area contributed by atoms with Crippen molar-refractivity contribution >= 4 is 0 Å². The molecule has 2 heterocycles. The fraction of sp³-hybridized carbons (Fsp3) is 0.385. The SMILES string of the molecule is CCn1cc(CCNC)c(-c2cccnc2)n1. The van der Waals surface area contributed by atoms with E-state index in [4.69, 9.17) is 0 Å². The van der Waals surface area contributed by atoms with Crippen LogP contribution in [0.5, 0.6) is 0 Å². The summed E-state index contributed by atoms with van der Waals surface area (Å²) >= 11 is 0. The van der Waals surface area contributed by atoms with Crippen LogP contribution in [0.2, 0.25) is 0 Å². The average molecular weight is 230 g/mol. The van der Waals surface area contributed by atoms with E-state index in [-0.39, 0.29) is 0 Å².